The van der Waals surface area contributed by atoms with E-state index in [1.54, 1.807) is 0 Å². The summed E-state index contributed by atoms with van der Waals surface area (Å²) in [6.45, 7) is -13.3. The van der Waals surface area contributed by atoms with E-state index < -0.39 is 170 Å². The highest BCUT2D eigenvalue weighted by atomic mass is 32.2. The minimum absolute atomic E-state index is 0. The fourth-order valence-electron chi connectivity index (χ4n) is 4.40. The Hall–Kier alpha value is -2.49. The van der Waals surface area contributed by atoms with Crippen molar-refractivity contribution in [3.05, 3.63) is 0 Å². The SMILES string of the molecule is CCN(CCOP(=O)(O)OCCN(CC)S(=O)(=O)C(F)(F)C(F)(F)C(F)(F)C(F)(F)C(F)(F)C(F)(F)C(F)(F)C(F)(F)F)S(=O)(=O)C(F)(F)C(F)(F)C(F)(F)C(F)(F)C(F)(F)C(F)(F)C(F)(F)C(F)(F)F.N. The third kappa shape index (κ3) is 10.2. The summed E-state index contributed by atoms with van der Waals surface area (Å²) in [5.41, 5.74) is 0. The monoisotopic (exact) mass is 1220 g/mol. The normalized spacial score (nSPS) is 16.4. The molecule has 0 unspecified atom stereocenters. The van der Waals surface area contributed by atoms with Crippen molar-refractivity contribution in [2.24, 2.45) is 0 Å². The Morgan fingerprint density at radius 1 is 0.361 bits per heavy atom. The van der Waals surface area contributed by atoms with Crippen molar-refractivity contribution in [1.82, 2.24) is 14.8 Å². The zero-order chi connectivity index (χ0) is 58.3. The number of nitrogens with zero attached hydrogens (tertiary/aromatic N) is 2. The van der Waals surface area contributed by atoms with Crippen molar-refractivity contribution < 1.29 is 185 Å². The minimum atomic E-state index is -9.27. The van der Waals surface area contributed by atoms with E-state index in [0.29, 0.717) is 0 Å². The van der Waals surface area contributed by atoms with E-state index in [0.717, 1.165) is 0 Å². The van der Waals surface area contributed by atoms with Crippen molar-refractivity contribution in [3.63, 3.8) is 0 Å². The minimum Gasteiger partial charge on any atom is -0.344 e. The molecule has 0 aliphatic carbocycles. The molecular formula is C24H22F34N3O8PS2. The summed E-state index contributed by atoms with van der Waals surface area (Å²) >= 11 is 0. The van der Waals surface area contributed by atoms with E-state index in [9.17, 15) is 176 Å². The van der Waals surface area contributed by atoms with Gasteiger partial charge in [0.05, 0.1) is 13.2 Å². The van der Waals surface area contributed by atoms with Gasteiger partial charge in [0.1, 0.15) is 0 Å². The molecule has 0 radical (unpaired) electrons. The van der Waals surface area contributed by atoms with Gasteiger partial charge in [-0.2, -0.15) is 158 Å². The van der Waals surface area contributed by atoms with Crippen LogP contribution in [0.1, 0.15) is 13.8 Å². The van der Waals surface area contributed by atoms with Crippen LogP contribution in [0.3, 0.4) is 0 Å². The van der Waals surface area contributed by atoms with Crippen molar-refractivity contribution in [2.75, 3.05) is 39.4 Å². The van der Waals surface area contributed by atoms with E-state index in [4.69, 9.17) is 0 Å². The molecule has 0 aliphatic rings. The molecule has 0 saturated carbocycles. The molecule has 0 spiro atoms. The van der Waals surface area contributed by atoms with Gasteiger partial charge in [-0.25, -0.2) is 21.4 Å². The Bertz CT molecular complexity index is 2020. The van der Waals surface area contributed by atoms with Gasteiger partial charge in [0.15, 0.2) is 0 Å². The maximum Gasteiger partial charge on any atom is 0.472 e. The molecule has 0 aromatic heterocycles. The molecule has 0 fully saturated rings. The van der Waals surface area contributed by atoms with Crippen LogP contribution >= 0.6 is 7.82 Å². The summed E-state index contributed by atoms with van der Waals surface area (Å²) in [6, 6.07) is 0. The second kappa shape index (κ2) is 19.8. The predicted molar refractivity (Wildman–Crippen MR) is 160 cm³/mol. The van der Waals surface area contributed by atoms with Crippen LogP contribution in [0.5, 0.6) is 0 Å². The summed E-state index contributed by atoms with van der Waals surface area (Å²) in [6.07, 6.45) is -16.3. The number of alkyl halides is 34. The van der Waals surface area contributed by atoms with Gasteiger partial charge >= 0.3 is 102 Å². The van der Waals surface area contributed by atoms with Crippen molar-refractivity contribution in [1.29, 1.82) is 0 Å². The van der Waals surface area contributed by atoms with Gasteiger partial charge in [-0.1, -0.05) is 13.8 Å². The molecule has 0 atom stereocenters. The third-order valence-corrected chi connectivity index (χ3v) is 13.7. The summed E-state index contributed by atoms with van der Waals surface area (Å²) in [5.74, 6) is -108. The molecule has 72 heavy (non-hydrogen) atoms. The molecule has 0 aromatic carbocycles. The number of sulfonamides is 2. The number of hydrogen-bond acceptors (Lipinski definition) is 8. The van der Waals surface area contributed by atoms with E-state index >= 15 is 0 Å². The van der Waals surface area contributed by atoms with Gasteiger partial charge < -0.3 is 11.0 Å². The van der Waals surface area contributed by atoms with Gasteiger partial charge in [0, 0.05) is 26.2 Å². The number of halogens is 34. The molecule has 0 aliphatic heterocycles. The Morgan fingerprint density at radius 3 is 0.694 bits per heavy atom. The predicted octanol–water partition coefficient (Wildman–Crippen LogP) is 10.5. The third-order valence-electron chi connectivity index (χ3n) is 8.61. The standard InChI is InChI=1S/C24H19F34N2O8PS2.H3N/c1-3-59(70(63,64)23(55,56)19(45,46)15(37,38)11(29,30)9(25,26)13(33,34)17(41,42)21(49,50)51)5-7-67-69(61,62)68-8-6-60(4-2)71(65,66)24(57,58)20(47,48)16(39,40)12(31,32)10(27,28)14(35,36)18(43,44)22(52,53)54;/h3-8H2,1-2H3,(H,61,62);1H3. The molecule has 436 valence electrons. The lowest BCUT2D eigenvalue weighted by Gasteiger charge is -2.43. The second-order valence-corrected chi connectivity index (χ2v) is 18.5. The largest absolute Gasteiger partial charge is 0.472 e. The first-order chi connectivity index (χ1) is 30.3. The van der Waals surface area contributed by atoms with Crippen molar-refractivity contribution in [2.45, 2.75) is 108 Å². The van der Waals surface area contributed by atoms with Crippen LogP contribution in [0.15, 0.2) is 0 Å². The number of hydrogen-bond donors (Lipinski definition) is 2. The van der Waals surface area contributed by atoms with E-state index in [1.807, 2.05) is 0 Å². The molecule has 48 heteroatoms. The van der Waals surface area contributed by atoms with Crippen LogP contribution in [0.4, 0.5) is 149 Å². The van der Waals surface area contributed by atoms with Crippen LogP contribution in [-0.4, -0.2) is 164 Å². The summed E-state index contributed by atoms with van der Waals surface area (Å²) in [7, 11) is -22.6. The lowest BCUT2D eigenvalue weighted by molar-refractivity contribution is -0.458. The molecule has 0 amide bonds. The molecular weight excluding hydrogens is 1200 g/mol. The van der Waals surface area contributed by atoms with Gasteiger partial charge in [-0.05, 0) is 0 Å². The molecule has 0 heterocycles. The van der Waals surface area contributed by atoms with Gasteiger partial charge in [0.25, 0.3) is 20.0 Å². The van der Waals surface area contributed by atoms with Crippen LogP contribution in [0.2, 0.25) is 0 Å². The van der Waals surface area contributed by atoms with Crippen LogP contribution in [-0.2, 0) is 33.7 Å². The lowest BCUT2D eigenvalue weighted by Crippen LogP contribution is -2.75. The fraction of sp³-hybridized carbons (Fsp3) is 1.00. The summed E-state index contributed by atoms with van der Waals surface area (Å²) in [4.78, 5) is 9.52. The fourth-order valence-corrected chi connectivity index (χ4v) is 7.96. The number of phosphoric ester groups is 1. The Kier molecular flexibility index (Phi) is 19.7. The molecule has 0 saturated heterocycles. The Morgan fingerprint density at radius 2 is 0.528 bits per heavy atom. The smallest absolute Gasteiger partial charge is 0.344 e. The second-order valence-electron chi connectivity index (χ2n) is 13.1. The number of phosphoric acid groups is 1. The van der Waals surface area contributed by atoms with E-state index in [-0.39, 0.29) is 20.0 Å². The Balaban J connectivity index is 0. The Labute approximate surface area is 375 Å². The molecule has 0 bridgehead atoms. The van der Waals surface area contributed by atoms with Crippen LogP contribution in [0, 0.1) is 0 Å². The number of rotatable bonds is 26. The molecule has 4 N–H and O–H groups in total. The molecule has 0 aromatic rings. The number of likely N-dealkylation sites (N-methyl/N-ethyl adjacent to an activating group) is 2. The van der Waals surface area contributed by atoms with Gasteiger partial charge in [0.2, 0.25) is 0 Å². The average molecular weight is 1220 g/mol. The average Bonchev–Trinajstić information content (AvgIpc) is 3.15. The first-order valence-electron chi connectivity index (χ1n) is 16.4. The maximum absolute atomic E-state index is 14.6. The highest BCUT2D eigenvalue weighted by molar-refractivity contribution is 7.90. The van der Waals surface area contributed by atoms with Crippen molar-refractivity contribution >= 4 is 27.9 Å². The quantitative estimate of drug-likeness (QED) is 0.0633. The highest BCUT2D eigenvalue weighted by Gasteiger charge is 2.98. The van der Waals surface area contributed by atoms with Crippen molar-refractivity contribution in [3.8, 4) is 0 Å². The zero-order valence-corrected chi connectivity index (χ0v) is 35.8. The molecule has 11 nitrogen and oxygen atoms in total. The zero-order valence-electron chi connectivity index (χ0n) is 33.3. The van der Waals surface area contributed by atoms with Gasteiger partial charge in [-0.3, -0.25) is 9.05 Å². The summed E-state index contributed by atoms with van der Waals surface area (Å²) in [5, 5.41) is -16.4. The first-order valence-corrected chi connectivity index (χ1v) is 20.7. The highest BCUT2D eigenvalue weighted by Crippen LogP contribution is 2.67. The maximum atomic E-state index is 14.6. The molecule has 0 rings (SSSR count). The topological polar surface area (TPSA) is 166 Å². The first kappa shape index (κ1) is 71.6. The van der Waals surface area contributed by atoms with Gasteiger partial charge in [-0.15, -0.1) is 0 Å². The summed E-state index contributed by atoms with van der Waals surface area (Å²) < 4.78 is 527. The lowest BCUT2D eigenvalue weighted by atomic mass is 9.91. The van der Waals surface area contributed by atoms with Crippen LogP contribution in [0.25, 0.3) is 0 Å². The van der Waals surface area contributed by atoms with E-state index in [1.165, 1.54) is 0 Å². The van der Waals surface area contributed by atoms with Crippen LogP contribution < -0.4 is 6.15 Å². The van der Waals surface area contributed by atoms with E-state index in [2.05, 4.69) is 9.05 Å².